The van der Waals surface area contributed by atoms with Crippen LogP contribution in [0.2, 0.25) is 0 Å². The lowest BCUT2D eigenvalue weighted by molar-refractivity contribution is -0.384. The number of hydrogen-bond acceptors (Lipinski definition) is 6. The number of carbonyl (C=O) groups excluding carboxylic acids is 3. The molecule has 1 atom stereocenters. The molecule has 1 aliphatic rings. The minimum absolute atomic E-state index is 0.0934. The number of nitro benzene ring substituents is 1. The molecule has 4 amide bonds. The van der Waals surface area contributed by atoms with Crippen molar-refractivity contribution >= 4 is 35.3 Å². The average Bonchev–Trinajstić information content (AvgIpc) is 3.30. The van der Waals surface area contributed by atoms with Crippen LogP contribution in [0.15, 0.2) is 70.7 Å². The van der Waals surface area contributed by atoms with Gasteiger partial charge in [-0.3, -0.25) is 25.0 Å². The molecule has 1 aliphatic heterocycles. The van der Waals surface area contributed by atoms with Crippen molar-refractivity contribution in [2.75, 3.05) is 4.90 Å². The SMILES string of the molecule is CC[C@H](C)c1ccc(N2C(=O)NC(=O)/C(=C/c3ccc(-c4cccc([N+](=O)[O-])c4)o3)C2=O)cc1. The van der Waals surface area contributed by atoms with Crippen molar-refractivity contribution in [2.45, 2.75) is 26.2 Å². The summed E-state index contributed by atoms with van der Waals surface area (Å²) in [6.45, 7) is 4.15. The molecule has 34 heavy (non-hydrogen) atoms. The number of nitrogens with zero attached hydrogens (tertiary/aromatic N) is 2. The van der Waals surface area contributed by atoms with E-state index < -0.39 is 22.8 Å². The lowest BCUT2D eigenvalue weighted by Gasteiger charge is -2.26. The molecule has 1 aromatic heterocycles. The highest BCUT2D eigenvalue weighted by atomic mass is 16.6. The summed E-state index contributed by atoms with van der Waals surface area (Å²) in [7, 11) is 0. The van der Waals surface area contributed by atoms with Crippen LogP contribution in [0.1, 0.15) is 37.5 Å². The first-order valence-electron chi connectivity index (χ1n) is 10.6. The highest BCUT2D eigenvalue weighted by molar-refractivity contribution is 6.39. The predicted molar refractivity (Wildman–Crippen MR) is 125 cm³/mol. The third-order valence-electron chi connectivity index (χ3n) is 5.69. The van der Waals surface area contributed by atoms with Crippen molar-refractivity contribution in [1.29, 1.82) is 0 Å². The summed E-state index contributed by atoms with van der Waals surface area (Å²) in [4.78, 5) is 49.3. The molecule has 0 unspecified atom stereocenters. The molecule has 4 rings (SSSR count). The third-order valence-corrected chi connectivity index (χ3v) is 5.69. The number of barbiturate groups is 1. The van der Waals surface area contributed by atoms with Gasteiger partial charge in [0.2, 0.25) is 0 Å². The van der Waals surface area contributed by atoms with Crippen molar-refractivity contribution < 1.29 is 23.7 Å². The number of carbonyl (C=O) groups is 3. The van der Waals surface area contributed by atoms with Gasteiger partial charge in [-0.05, 0) is 48.2 Å². The molecule has 0 spiro atoms. The number of non-ortho nitro benzene ring substituents is 1. The zero-order valence-electron chi connectivity index (χ0n) is 18.5. The summed E-state index contributed by atoms with van der Waals surface area (Å²) >= 11 is 0. The van der Waals surface area contributed by atoms with Crippen molar-refractivity contribution in [1.82, 2.24) is 5.32 Å². The number of benzene rings is 2. The number of amides is 4. The largest absolute Gasteiger partial charge is 0.457 e. The Bertz CT molecular complexity index is 1320. The van der Waals surface area contributed by atoms with Gasteiger partial charge < -0.3 is 4.42 Å². The molecule has 1 N–H and O–H groups in total. The summed E-state index contributed by atoms with van der Waals surface area (Å²) in [5, 5.41) is 13.2. The van der Waals surface area contributed by atoms with E-state index in [-0.39, 0.29) is 17.0 Å². The number of urea groups is 1. The summed E-state index contributed by atoms with van der Waals surface area (Å²) in [6.07, 6.45) is 2.19. The zero-order valence-corrected chi connectivity index (χ0v) is 18.5. The van der Waals surface area contributed by atoms with Crippen LogP contribution >= 0.6 is 0 Å². The molecule has 0 saturated carbocycles. The molecule has 2 heterocycles. The highest BCUT2D eigenvalue weighted by Gasteiger charge is 2.37. The van der Waals surface area contributed by atoms with Crippen LogP contribution in [0, 0.1) is 10.1 Å². The van der Waals surface area contributed by atoms with Gasteiger partial charge in [0.05, 0.1) is 10.6 Å². The van der Waals surface area contributed by atoms with Crippen molar-refractivity contribution in [3.05, 3.63) is 87.7 Å². The van der Waals surface area contributed by atoms with E-state index in [1.165, 1.54) is 30.3 Å². The van der Waals surface area contributed by atoms with Crippen LogP contribution in [-0.2, 0) is 9.59 Å². The number of furan rings is 1. The Morgan fingerprint density at radius 1 is 1.09 bits per heavy atom. The first-order chi connectivity index (χ1) is 16.3. The van der Waals surface area contributed by atoms with Gasteiger partial charge in [-0.15, -0.1) is 0 Å². The fourth-order valence-electron chi connectivity index (χ4n) is 3.58. The maximum absolute atomic E-state index is 13.1. The molecule has 2 aromatic carbocycles. The summed E-state index contributed by atoms with van der Waals surface area (Å²) in [6, 6.07) is 15.2. The normalized spacial score (nSPS) is 16.0. The van der Waals surface area contributed by atoms with E-state index in [0.29, 0.717) is 22.9 Å². The molecular formula is C25H21N3O6. The molecule has 9 heteroatoms. The molecule has 0 bridgehead atoms. The van der Waals surface area contributed by atoms with Crippen LogP contribution in [0.25, 0.3) is 17.4 Å². The van der Waals surface area contributed by atoms with E-state index >= 15 is 0 Å². The molecule has 3 aromatic rings. The Balaban J connectivity index is 1.63. The van der Waals surface area contributed by atoms with Crippen molar-refractivity contribution in [3.8, 4) is 11.3 Å². The Labute approximate surface area is 194 Å². The third kappa shape index (κ3) is 4.36. The van der Waals surface area contributed by atoms with E-state index in [1.54, 1.807) is 24.3 Å². The molecule has 1 fully saturated rings. The van der Waals surface area contributed by atoms with E-state index in [2.05, 4.69) is 19.2 Å². The monoisotopic (exact) mass is 459 g/mol. The smallest absolute Gasteiger partial charge is 0.335 e. The minimum atomic E-state index is -0.837. The fraction of sp³-hybridized carbons (Fsp3) is 0.160. The molecule has 0 aliphatic carbocycles. The van der Waals surface area contributed by atoms with Crippen molar-refractivity contribution in [3.63, 3.8) is 0 Å². The van der Waals surface area contributed by atoms with Gasteiger partial charge in [0.1, 0.15) is 17.1 Å². The second kappa shape index (κ2) is 9.14. The minimum Gasteiger partial charge on any atom is -0.457 e. The van der Waals surface area contributed by atoms with Gasteiger partial charge in [-0.1, -0.05) is 38.1 Å². The second-order valence-electron chi connectivity index (χ2n) is 7.87. The topological polar surface area (TPSA) is 123 Å². The maximum Gasteiger partial charge on any atom is 0.335 e. The van der Waals surface area contributed by atoms with E-state index in [9.17, 15) is 24.5 Å². The quantitative estimate of drug-likeness (QED) is 0.239. The first kappa shape index (κ1) is 22.7. The van der Waals surface area contributed by atoms with Gasteiger partial charge in [-0.2, -0.15) is 0 Å². The van der Waals surface area contributed by atoms with Crippen LogP contribution in [0.4, 0.5) is 16.2 Å². The predicted octanol–water partition coefficient (Wildman–Crippen LogP) is 5.03. The Kier molecular flexibility index (Phi) is 6.09. The standard InChI is InChI=1S/C25H21N3O6/c1-3-15(2)16-7-9-18(10-8-16)27-24(30)21(23(29)26-25(27)31)14-20-11-12-22(34-20)17-5-4-6-19(13-17)28(32)33/h4-15H,3H2,1-2H3,(H,26,29,31)/b21-14-/t15-/m0/s1. The molecule has 9 nitrogen and oxygen atoms in total. The van der Waals surface area contributed by atoms with E-state index in [1.807, 2.05) is 12.1 Å². The van der Waals surface area contributed by atoms with Gasteiger partial charge >= 0.3 is 6.03 Å². The van der Waals surface area contributed by atoms with Crippen LogP contribution < -0.4 is 10.2 Å². The van der Waals surface area contributed by atoms with Crippen LogP contribution in [-0.4, -0.2) is 22.8 Å². The molecule has 1 saturated heterocycles. The summed E-state index contributed by atoms with van der Waals surface area (Å²) < 4.78 is 5.69. The van der Waals surface area contributed by atoms with Gasteiger partial charge in [0.15, 0.2) is 0 Å². The van der Waals surface area contributed by atoms with Gasteiger partial charge in [-0.25, -0.2) is 9.69 Å². The number of hydrogen-bond donors (Lipinski definition) is 1. The van der Waals surface area contributed by atoms with Gasteiger partial charge in [0.25, 0.3) is 17.5 Å². The Hall–Kier alpha value is -4.53. The Morgan fingerprint density at radius 3 is 2.50 bits per heavy atom. The summed E-state index contributed by atoms with van der Waals surface area (Å²) in [5.41, 5.74) is 1.52. The fourth-order valence-corrected chi connectivity index (χ4v) is 3.58. The zero-order chi connectivity index (χ0) is 24.4. The summed E-state index contributed by atoms with van der Waals surface area (Å²) in [5.74, 6) is -0.778. The Morgan fingerprint density at radius 2 is 1.82 bits per heavy atom. The number of nitro groups is 1. The number of imide groups is 2. The highest BCUT2D eigenvalue weighted by Crippen LogP contribution is 2.28. The molecule has 172 valence electrons. The van der Waals surface area contributed by atoms with E-state index in [0.717, 1.165) is 16.9 Å². The number of rotatable bonds is 6. The maximum atomic E-state index is 13.1. The number of nitrogens with one attached hydrogen (secondary N) is 1. The average molecular weight is 459 g/mol. The molecule has 0 radical (unpaired) electrons. The molecular weight excluding hydrogens is 438 g/mol. The number of anilines is 1. The lowest BCUT2D eigenvalue weighted by atomic mass is 9.98. The lowest BCUT2D eigenvalue weighted by Crippen LogP contribution is -2.54. The second-order valence-corrected chi connectivity index (χ2v) is 7.87. The first-order valence-corrected chi connectivity index (χ1v) is 10.6. The van der Waals surface area contributed by atoms with Crippen molar-refractivity contribution in [2.24, 2.45) is 0 Å². The van der Waals surface area contributed by atoms with Crippen LogP contribution in [0.5, 0.6) is 0 Å². The van der Waals surface area contributed by atoms with Crippen LogP contribution in [0.3, 0.4) is 0 Å². The van der Waals surface area contributed by atoms with Gasteiger partial charge in [0, 0.05) is 17.7 Å². The van der Waals surface area contributed by atoms with E-state index in [4.69, 9.17) is 4.42 Å².